The first-order chi connectivity index (χ1) is 17.3. The lowest BCUT2D eigenvalue weighted by molar-refractivity contribution is 0.242. The van der Waals surface area contributed by atoms with Gasteiger partial charge in [0.1, 0.15) is 5.75 Å². The normalized spacial score (nSPS) is 17.5. The summed E-state index contributed by atoms with van der Waals surface area (Å²) in [6.07, 6.45) is 1.94. The molecule has 2 aromatic heterocycles. The Morgan fingerprint density at radius 2 is 1.75 bits per heavy atom. The summed E-state index contributed by atoms with van der Waals surface area (Å²) in [7, 11) is 0. The summed E-state index contributed by atoms with van der Waals surface area (Å²) >= 11 is 12.2. The van der Waals surface area contributed by atoms with Crippen LogP contribution in [0.25, 0.3) is 5.69 Å². The number of ether oxygens (including phenoxy) is 1. The molecule has 5 nitrogen and oxygen atoms in total. The highest BCUT2D eigenvalue weighted by Gasteiger charge is 2.42. The van der Waals surface area contributed by atoms with Crippen LogP contribution in [0.5, 0.6) is 5.75 Å². The minimum atomic E-state index is -0.112. The van der Waals surface area contributed by atoms with Gasteiger partial charge in [-0.2, -0.15) is 0 Å². The van der Waals surface area contributed by atoms with Crippen molar-refractivity contribution in [1.82, 2.24) is 14.9 Å². The first kappa shape index (κ1) is 24.3. The number of nitrogens with zero attached hydrogens (tertiary/aromatic N) is 3. The van der Waals surface area contributed by atoms with Gasteiger partial charge in [-0.05, 0) is 106 Å². The molecule has 5 rings (SSSR count). The lowest BCUT2D eigenvalue weighted by atomic mass is 9.96. The predicted octanol–water partition coefficient (Wildman–Crippen LogP) is 7.11. The van der Waals surface area contributed by atoms with Gasteiger partial charge < -0.3 is 19.5 Å². The SMILES string of the molecule is Cc1cc([C@@H]2[C@@H](c3ccccn3)NC(=S)N2c2ccc(OC(C)C)cc2)c(C)n1-c1cccc(Cl)c1. The third kappa shape index (κ3) is 4.59. The molecule has 7 heteroatoms. The number of aryl methyl sites for hydroxylation is 1. The molecule has 1 saturated heterocycles. The van der Waals surface area contributed by atoms with E-state index in [4.69, 9.17) is 28.6 Å². The van der Waals surface area contributed by atoms with Gasteiger partial charge in [0, 0.05) is 34.0 Å². The van der Waals surface area contributed by atoms with Crippen LogP contribution < -0.4 is 15.0 Å². The zero-order chi connectivity index (χ0) is 25.4. The molecule has 2 atom stereocenters. The van der Waals surface area contributed by atoms with Gasteiger partial charge >= 0.3 is 0 Å². The number of nitrogens with one attached hydrogen (secondary N) is 1. The lowest BCUT2D eigenvalue weighted by Crippen LogP contribution is -2.29. The van der Waals surface area contributed by atoms with Crippen LogP contribution in [-0.2, 0) is 0 Å². The molecular formula is C29H29ClN4OS. The summed E-state index contributed by atoms with van der Waals surface area (Å²) in [5, 5.41) is 4.93. The highest BCUT2D eigenvalue weighted by Crippen LogP contribution is 2.44. The number of hydrogen-bond acceptors (Lipinski definition) is 3. The molecule has 2 aromatic carbocycles. The van der Waals surface area contributed by atoms with E-state index in [0.29, 0.717) is 10.1 Å². The standard InChI is InChI=1S/C29H29ClN4OS/c1-18(2)35-24-13-11-22(12-14-24)34-28(27(32-29(34)36)26-10-5-6-15-31-26)25-16-19(3)33(20(25)4)23-9-7-8-21(30)17-23/h5-18,27-28H,1-4H3,(H,32,36)/t27-,28-/m1/s1. The van der Waals surface area contributed by atoms with Crippen molar-refractivity contribution in [1.29, 1.82) is 0 Å². The minimum Gasteiger partial charge on any atom is -0.491 e. The van der Waals surface area contributed by atoms with Gasteiger partial charge in [-0.1, -0.05) is 23.7 Å². The van der Waals surface area contributed by atoms with Crippen molar-refractivity contribution in [3.8, 4) is 11.4 Å². The number of pyridine rings is 1. The maximum Gasteiger partial charge on any atom is 0.174 e. The van der Waals surface area contributed by atoms with Gasteiger partial charge in [0.15, 0.2) is 5.11 Å². The minimum absolute atomic E-state index is 0.0941. The van der Waals surface area contributed by atoms with Gasteiger partial charge in [-0.25, -0.2) is 0 Å². The van der Waals surface area contributed by atoms with Crippen molar-refractivity contribution < 1.29 is 4.74 Å². The van der Waals surface area contributed by atoms with E-state index in [1.165, 1.54) is 5.56 Å². The molecule has 0 aliphatic carbocycles. The van der Waals surface area contributed by atoms with E-state index >= 15 is 0 Å². The Morgan fingerprint density at radius 1 is 0.972 bits per heavy atom. The number of thiocarbonyl (C=S) groups is 1. The Bertz CT molecular complexity index is 1380. The fraction of sp³-hybridized carbons (Fsp3) is 0.241. The molecule has 4 aromatic rings. The molecule has 36 heavy (non-hydrogen) atoms. The third-order valence-corrected chi connectivity index (χ3v) is 6.99. The molecule has 1 N–H and O–H groups in total. The maximum atomic E-state index is 6.34. The third-order valence-electron chi connectivity index (χ3n) is 6.44. The first-order valence-corrected chi connectivity index (χ1v) is 12.8. The average Bonchev–Trinajstić information content (AvgIpc) is 3.35. The van der Waals surface area contributed by atoms with Crippen molar-refractivity contribution in [2.24, 2.45) is 0 Å². The topological polar surface area (TPSA) is 42.3 Å². The molecule has 0 amide bonds. The molecule has 0 saturated carbocycles. The molecule has 0 bridgehead atoms. The van der Waals surface area contributed by atoms with Crippen LogP contribution in [0.15, 0.2) is 79.0 Å². The number of rotatable bonds is 6. The highest BCUT2D eigenvalue weighted by atomic mass is 35.5. The summed E-state index contributed by atoms with van der Waals surface area (Å²) in [5.41, 5.74) is 6.42. The van der Waals surface area contributed by atoms with Crippen molar-refractivity contribution in [2.45, 2.75) is 45.9 Å². The Balaban J connectivity index is 1.63. The molecule has 1 aliphatic heterocycles. The number of halogens is 1. The van der Waals surface area contributed by atoms with Crippen LogP contribution in [0.3, 0.4) is 0 Å². The Kier molecular flexibility index (Phi) is 6.73. The Morgan fingerprint density at radius 3 is 2.42 bits per heavy atom. The van der Waals surface area contributed by atoms with E-state index in [9.17, 15) is 0 Å². The molecule has 3 heterocycles. The van der Waals surface area contributed by atoms with Gasteiger partial charge in [0.2, 0.25) is 0 Å². The molecule has 184 valence electrons. The summed E-state index contributed by atoms with van der Waals surface area (Å²) in [5.74, 6) is 0.837. The van der Waals surface area contributed by atoms with Crippen molar-refractivity contribution in [2.75, 3.05) is 4.90 Å². The van der Waals surface area contributed by atoms with E-state index in [0.717, 1.165) is 34.2 Å². The second kappa shape index (κ2) is 9.96. The average molecular weight is 517 g/mol. The van der Waals surface area contributed by atoms with Gasteiger partial charge in [-0.15, -0.1) is 0 Å². The van der Waals surface area contributed by atoms with Crippen molar-refractivity contribution in [3.05, 3.63) is 107 Å². The number of anilines is 1. The van der Waals surface area contributed by atoms with E-state index in [-0.39, 0.29) is 18.2 Å². The van der Waals surface area contributed by atoms with Crippen LogP contribution >= 0.6 is 23.8 Å². The molecule has 0 spiro atoms. The Labute approximate surface area is 222 Å². The monoisotopic (exact) mass is 516 g/mol. The van der Waals surface area contributed by atoms with Gasteiger partial charge in [-0.3, -0.25) is 4.98 Å². The molecular weight excluding hydrogens is 488 g/mol. The van der Waals surface area contributed by atoms with Crippen LogP contribution in [0.1, 0.15) is 48.6 Å². The lowest BCUT2D eigenvalue weighted by Gasteiger charge is -2.28. The fourth-order valence-corrected chi connectivity index (χ4v) is 5.54. The second-order valence-corrected chi connectivity index (χ2v) is 10.1. The van der Waals surface area contributed by atoms with Crippen molar-refractivity contribution >= 4 is 34.6 Å². The summed E-state index contributed by atoms with van der Waals surface area (Å²) < 4.78 is 8.11. The Hall–Kier alpha value is -3.35. The largest absolute Gasteiger partial charge is 0.491 e. The highest BCUT2D eigenvalue weighted by molar-refractivity contribution is 7.80. The predicted molar refractivity (Wildman–Crippen MR) is 150 cm³/mol. The number of aromatic nitrogens is 2. The van der Waals surface area contributed by atoms with E-state index < -0.39 is 0 Å². The van der Waals surface area contributed by atoms with E-state index in [1.54, 1.807) is 0 Å². The number of hydrogen-bond donors (Lipinski definition) is 1. The maximum absolute atomic E-state index is 6.34. The molecule has 1 aliphatic rings. The van der Waals surface area contributed by atoms with E-state index in [2.05, 4.69) is 57.9 Å². The van der Waals surface area contributed by atoms with Crippen LogP contribution in [0.4, 0.5) is 5.69 Å². The molecule has 1 fully saturated rings. The van der Waals surface area contributed by atoms with Gasteiger partial charge in [0.25, 0.3) is 0 Å². The summed E-state index contributed by atoms with van der Waals surface area (Å²) in [6, 6.07) is 24.1. The zero-order valence-corrected chi connectivity index (χ0v) is 22.3. The zero-order valence-electron chi connectivity index (χ0n) is 20.8. The summed E-state index contributed by atoms with van der Waals surface area (Å²) in [4.78, 5) is 6.87. The van der Waals surface area contributed by atoms with Crippen LogP contribution in [0, 0.1) is 13.8 Å². The first-order valence-electron chi connectivity index (χ1n) is 12.1. The van der Waals surface area contributed by atoms with Gasteiger partial charge in [0.05, 0.1) is 23.9 Å². The second-order valence-electron chi connectivity index (χ2n) is 9.30. The number of benzene rings is 2. The van der Waals surface area contributed by atoms with Crippen LogP contribution in [-0.4, -0.2) is 20.8 Å². The molecule has 0 radical (unpaired) electrons. The summed E-state index contributed by atoms with van der Waals surface area (Å²) in [6.45, 7) is 8.32. The quantitative estimate of drug-likeness (QED) is 0.277. The fourth-order valence-electron chi connectivity index (χ4n) is 5.01. The smallest absolute Gasteiger partial charge is 0.174 e. The van der Waals surface area contributed by atoms with Crippen molar-refractivity contribution in [3.63, 3.8) is 0 Å². The molecule has 0 unspecified atom stereocenters. The van der Waals surface area contributed by atoms with E-state index in [1.807, 2.05) is 68.6 Å². The van der Waals surface area contributed by atoms with Crippen LogP contribution in [0.2, 0.25) is 5.02 Å².